The molecule has 0 saturated heterocycles. The summed E-state index contributed by atoms with van der Waals surface area (Å²) in [5, 5.41) is 14.5. The van der Waals surface area contributed by atoms with Crippen molar-refractivity contribution >= 4 is 17.8 Å². The van der Waals surface area contributed by atoms with E-state index in [1.807, 2.05) is 37.3 Å². The minimum atomic E-state index is -0.473. The number of carbonyl (C=O) groups is 1. The van der Waals surface area contributed by atoms with E-state index >= 15 is 0 Å². The molecule has 0 fully saturated rings. The van der Waals surface area contributed by atoms with E-state index in [9.17, 15) is 14.9 Å². The van der Waals surface area contributed by atoms with Gasteiger partial charge in [-0.05, 0) is 11.1 Å². The summed E-state index contributed by atoms with van der Waals surface area (Å²) in [6.07, 6.45) is 1.79. The molecule has 0 heterocycles. The molecule has 6 heteroatoms. The Labute approximate surface area is 134 Å². The van der Waals surface area contributed by atoms with Crippen molar-refractivity contribution in [2.75, 3.05) is 0 Å². The first kappa shape index (κ1) is 16.4. The number of hydrogen-bond donors (Lipinski definition) is 1. The van der Waals surface area contributed by atoms with Gasteiger partial charge in [0.1, 0.15) is 0 Å². The van der Waals surface area contributed by atoms with Crippen molar-refractivity contribution in [1.29, 1.82) is 0 Å². The Morgan fingerprint density at radius 3 is 2.48 bits per heavy atom. The zero-order valence-electron chi connectivity index (χ0n) is 12.7. The van der Waals surface area contributed by atoms with Gasteiger partial charge in [0.25, 0.3) is 5.69 Å². The maximum atomic E-state index is 11.8. The summed E-state index contributed by atoms with van der Waals surface area (Å²) < 4.78 is 0. The van der Waals surface area contributed by atoms with Crippen molar-refractivity contribution in [3.05, 3.63) is 75.8 Å². The van der Waals surface area contributed by atoms with Gasteiger partial charge < -0.3 is 0 Å². The van der Waals surface area contributed by atoms with E-state index in [0.717, 1.165) is 5.56 Å². The summed E-state index contributed by atoms with van der Waals surface area (Å²) in [5.41, 5.74) is 4.28. The maximum Gasteiger partial charge on any atom is 0.269 e. The monoisotopic (exact) mass is 311 g/mol. The highest BCUT2D eigenvalue weighted by molar-refractivity contribution is 5.79. The van der Waals surface area contributed by atoms with Gasteiger partial charge in [-0.15, -0.1) is 0 Å². The predicted octanol–water partition coefficient (Wildman–Crippen LogP) is 3.04. The van der Waals surface area contributed by atoms with Gasteiger partial charge in [-0.1, -0.05) is 49.4 Å². The maximum absolute atomic E-state index is 11.8. The van der Waals surface area contributed by atoms with E-state index in [1.54, 1.807) is 18.3 Å². The van der Waals surface area contributed by atoms with Gasteiger partial charge in [-0.25, -0.2) is 5.43 Å². The molecule has 0 unspecified atom stereocenters. The van der Waals surface area contributed by atoms with Crippen LogP contribution in [0.5, 0.6) is 0 Å². The smallest absolute Gasteiger partial charge is 0.269 e. The van der Waals surface area contributed by atoms with Gasteiger partial charge in [0.15, 0.2) is 0 Å². The van der Waals surface area contributed by atoms with Crippen LogP contribution in [0.4, 0.5) is 5.69 Å². The van der Waals surface area contributed by atoms with Gasteiger partial charge >= 0.3 is 0 Å². The SMILES string of the molecule is C[C@@H](/C=N\NC(=O)Cc1ccc([N+](=O)[O-])cc1)c1ccccc1. The molecule has 2 rings (SSSR count). The van der Waals surface area contributed by atoms with Crippen LogP contribution in [-0.4, -0.2) is 17.0 Å². The summed E-state index contributed by atoms with van der Waals surface area (Å²) in [5.74, 6) is -0.175. The van der Waals surface area contributed by atoms with Gasteiger partial charge in [0.2, 0.25) is 5.91 Å². The van der Waals surface area contributed by atoms with Crippen LogP contribution >= 0.6 is 0 Å². The Kier molecular flexibility index (Phi) is 5.57. The highest BCUT2D eigenvalue weighted by Crippen LogP contribution is 2.13. The summed E-state index contributed by atoms with van der Waals surface area (Å²) in [7, 11) is 0. The van der Waals surface area contributed by atoms with Crippen molar-refractivity contribution in [2.24, 2.45) is 5.10 Å². The molecule has 0 spiro atoms. The van der Waals surface area contributed by atoms with E-state index in [1.165, 1.54) is 12.1 Å². The lowest BCUT2D eigenvalue weighted by Gasteiger charge is -2.05. The number of hydrogen-bond acceptors (Lipinski definition) is 4. The first-order valence-corrected chi connectivity index (χ1v) is 7.16. The average Bonchev–Trinajstić information content (AvgIpc) is 2.56. The average molecular weight is 311 g/mol. The van der Waals surface area contributed by atoms with Crippen LogP contribution in [0, 0.1) is 10.1 Å². The summed E-state index contributed by atoms with van der Waals surface area (Å²) in [6, 6.07) is 15.7. The van der Waals surface area contributed by atoms with Crippen LogP contribution in [0.25, 0.3) is 0 Å². The van der Waals surface area contributed by atoms with E-state index in [4.69, 9.17) is 0 Å². The van der Waals surface area contributed by atoms with E-state index in [2.05, 4.69) is 10.5 Å². The standard InChI is InChI=1S/C17H17N3O3/c1-13(15-5-3-2-4-6-15)12-18-19-17(21)11-14-7-9-16(10-8-14)20(22)23/h2-10,12-13H,11H2,1H3,(H,19,21)/b18-12-/t13-/m0/s1. The molecule has 0 bridgehead atoms. The predicted molar refractivity (Wildman–Crippen MR) is 88.3 cm³/mol. The topological polar surface area (TPSA) is 84.6 Å². The molecule has 23 heavy (non-hydrogen) atoms. The zero-order valence-corrected chi connectivity index (χ0v) is 12.7. The number of nitro groups is 1. The number of nitrogens with one attached hydrogen (secondary N) is 1. The number of hydrazone groups is 1. The Bertz CT molecular complexity index is 697. The van der Waals surface area contributed by atoms with Crippen molar-refractivity contribution < 1.29 is 9.72 Å². The van der Waals surface area contributed by atoms with Gasteiger partial charge in [0, 0.05) is 24.3 Å². The van der Waals surface area contributed by atoms with Crippen LogP contribution in [0.1, 0.15) is 24.0 Å². The van der Waals surface area contributed by atoms with Crippen molar-refractivity contribution in [3.63, 3.8) is 0 Å². The first-order chi connectivity index (χ1) is 11.1. The van der Waals surface area contributed by atoms with Gasteiger partial charge in [0.05, 0.1) is 11.3 Å². The van der Waals surface area contributed by atoms with Crippen molar-refractivity contribution in [2.45, 2.75) is 19.3 Å². The van der Waals surface area contributed by atoms with Crippen LogP contribution in [0.2, 0.25) is 0 Å². The highest BCUT2D eigenvalue weighted by Gasteiger charge is 2.07. The number of nitrogens with zero attached hydrogens (tertiary/aromatic N) is 2. The zero-order chi connectivity index (χ0) is 16.7. The number of amides is 1. The van der Waals surface area contributed by atoms with Gasteiger partial charge in [-0.3, -0.25) is 14.9 Å². The molecule has 0 aliphatic heterocycles. The molecule has 0 saturated carbocycles. The summed E-state index contributed by atoms with van der Waals surface area (Å²) >= 11 is 0. The van der Waals surface area contributed by atoms with E-state index in [0.29, 0.717) is 5.56 Å². The lowest BCUT2D eigenvalue weighted by molar-refractivity contribution is -0.384. The van der Waals surface area contributed by atoms with Crippen LogP contribution in [-0.2, 0) is 11.2 Å². The van der Waals surface area contributed by atoms with Crippen molar-refractivity contribution in [1.82, 2.24) is 5.43 Å². The molecule has 6 nitrogen and oxygen atoms in total. The second-order valence-electron chi connectivity index (χ2n) is 5.11. The number of rotatable bonds is 6. The van der Waals surface area contributed by atoms with Crippen molar-refractivity contribution in [3.8, 4) is 0 Å². The molecule has 2 aromatic carbocycles. The molecule has 0 aliphatic carbocycles. The first-order valence-electron chi connectivity index (χ1n) is 7.16. The fourth-order valence-electron chi connectivity index (χ4n) is 2.02. The van der Waals surface area contributed by atoms with E-state index in [-0.39, 0.29) is 23.9 Å². The normalized spacial score (nSPS) is 12.0. The Morgan fingerprint density at radius 2 is 1.87 bits per heavy atom. The number of non-ortho nitro benzene ring substituents is 1. The third-order valence-electron chi connectivity index (χ3n) is 3.32. The van der Waals surface area contributed by atoms with Gasteiger partial charge in [-0.2, -0.15) is 5.10 Å². The third-order valence-corrected chi connectivity index (χ3v) is 3.32. The minimum Gasteiger partial charge on any atom is -0.273 e. The number of nitro benzene ring substituents is 1. The largest absolute Gasteiger partial charge is 0.273 e. The Morgan fingerprint density at radius 1 is 1.22 bits per heavy atom. The lowest BCUT2D eigenvalue weighted by atomic mass is 10.0. The van der Waals surface area contributed by atoms with E-state index < -0.39 is 4.92 Å². The molecule has 0 aliphatic rings. The summed E-state index contributed by atoms with van der Waals surface area (Å²) in [4.78, 5) is 21.9. The molecule has 1 atom stereocenters. The van der Waals surface area contributed by atoms with Crippen LogP contribution in [0.15, 0.2) is 59.7 Å². The highest BCUT2D eigenvalue weighted by atomic mass is 16.6. The fourth-order valence-corrected chi connectivity index (χ4v) is 2.02. The van der Waals surface area contributed by atoms with Crippen LogP contribution in [0.3, 0.4) is 0 Å². The number of benzene rings is 2. The molecular weight excluding hydrogens is 294 g/mol. The fraction of sp³-hybridized carbons (Fsp3) is 0.176. The molecular formula is C17H17N3O3. The second-order valence-corrected chi connectivity index (χ2v) is 5.11. The molecule has 0 radical (unpaired) electrons. The number of carbonyl (C=O) groups excluding carboxylic acids is 1. The molecule has 1 N–H and O–H groups in total. The second kappa shape index (κ2) is 7.84. The van der Waals surface area contributed by atoms with Crippen LogP contribution < -0.4 is 5.43 Å². The molecule has 1 amide bonds. The lowest BCUT2D eigenvalue weighted by Crippen LogP contribution is -2.20. The quantitative estimate of drug-likeness (QED) is 0.505. The minimum absolute atomic E-state index is 0.00358. The molecule has 0 aromatic heterocycles. The Hall–Kier alpha value is -3.02. The Balaban J connectivity index is 1.85. The molecule has 2 aromatic rings. The third kappa shape index (κ3) is 5.03. The summed E-state index contributed by atoms with van der Waals surface area (Å²) in [6.45, 7) is 1.99. The molecule has 118 valence electrons.